The number of amides is 1. The lowest BCUT2D eigenvalue weighted by Crippen LogP contribution is -2.42. The first-order valence-electron chi connectivity index (χ1n) is 5.32. The Kier molecular flexibility index (Phi) is 2.83. The zero-order chi connectivity index (χ0) is 11.7. The molecule has 1 heterocycles. The fourth-order valence-electron chi connectivity index (χ4n) is 2.14. The van der Waals surface area contributed by atoms with Gasteiger partial charge in [-0.3, -0.25) is 4.79 Å². The molecule has 16 heavy (non-hydrogen) atoms. The van der Waals surface area contributed by atoms with Crippen molar-refractivity contribution in [3.8, 4) is 5.75 Å². The van der Waals surface area contributed by atoms with Gasteiger partial charge in [-0.05, 0) is 24.1 Å². The highest BCUT2D eigenvalue weighted by molar-refractivity contribution is 5.77. The fraction of sp³-hybridized carbons (Fsp3) is 0.417. The molecule has 4 heteroatoms. The minimum Gasteiger partial charge on any atom is -0.508 e. The summed E-state index contributed by atoms with van der Waals surface area (Å²) in [4.78, 5) is 13.1. The molecule has 0 bridgehead atoms. The lowest BCUT2D eigenvalue weighted by Gasteiger charge is -2.36. The van der Waals surface area contributed by atoms with Crippen molar-refractivity contribution in [3.63, 3.8) is 0 Å². The molecular formula is C12H15NO3. The fourth-order valence-corrected chi connectivity index (χ4v) is 2.14. The molecule has 86 valence electrons. The van der Waals surface area contributed by atoms with Crippen molar-refractivity contribution >= 4 is 5.91 Å². The van der Waals surface area contributed by atoms with Crippen LogP contribution in [0.4, 0.5) is 0 Å². The zero-order valence-corrected chi connectivity index (χ0v) is 9.13. The first-order chi connectivity index (χ1) is 7.59. The van der Waals surface area contributed by atoms with Crippen molar-refractivity contribution in [2.24, 2.45) is 0 Å². The lowest BCUT2D eigenvalue weighted by molar-refractivity contribution is -0.140. The number of likely N-dealkylation sites (tertiary alicyclic amines) is 1. The smallest absolute Gasteiger partial charge is 0.223 e. The number of phenols is 1. The Balaban J connectivity index is 2.29. The minimum atomic E-state index is -0.535. The number of rotatable bonds is 1. The maximum absolute atomic E-state index is 11.6. The number of phenolic OH excluding ortho intramolecular Hbond substituents is 1. The highest BCUT2D eigenvalue weighted by atomic mass is 16.3. The van der Waals surface area contributed by atoms with Crippen molar-refractivity contribution in [1.29, 1.82) is 0 Å². The third-order valence-electron chi connectivity index (χ3n) is 3.06. The van der Waals surface area contributed by atoms with Gasteiger partial charge in [0.2, 0.25) is 5.91 Å². The van der Waals surface area contributed by atoms with E-state index in [-0.39, 0.29) is 17.7 Å². The molecule has 0 radical (unpaired) electrons. The Morgan fingerprint density at radius 1 is 1.31 bits per heavy atom. The van der Waals surface area contributed by atoms with E-state index in [1.54, 1.807) is 36.2 Å². The number of hydrogen-bond donors (Lipinski definition) is 2. The monoisotopic (exact) mass is 221 g/mol. The Morgan fingerprint density at radius 3 is 2.56 bits per heavy atom. The van der Waals surface area contributed by atoms with Crippen LogP contribution in [0.1, 0.15) is 24.4 Å². The summed E-state index contributed by atoms with van der Waals surface area (Å²) in [6.07, 6.45) is 0.355. The second-order valence-electron chi connectivity index (χ2n) is 4.15. The first kappa shape index (κ1) is 11.0. The quantitative estimate of drug-likeness (QED) is 0.745. The average Bonchev–Trinajstić information content (AvgIpc) is 2.27. The summed E-state index contributed by atoms with van der Waals surface area (Å²) in [5.74, 6) is 0.228. The number of likely N-dealkylation sites (N-methyl/N-ethyl adjacent to an activating group) is 1. The third kappa shape index (κ3) is 1.88. The summed E-state index contributed by atoms with van der Waals surface area (Å²) in [6.45, 7) is 0. The van der Waals surface area contributed by atoms with E-state index in [9.17, 15) is 15.0 Å². The zero-order valence-electron chi connectivity index (χ0n) is 9.13. The third-order valence-corrected chi connectivity index (χ3v) is 3.06. The van der Waals surface area contributed by atoms with Crippen LogP contribution in [0.5, 0.6) is 5.75 Å². The number of hydrogen-bond acceptors (Lipinski definition) is 3. The van der Waals surface area contributed by atoms with Gasteiger partial charge in [0.05, 0.1) is 12.1 Å². The topological polar surface area (TPSA) is 60.8 Å². The highest BCUT2D eigenvalue weighted by Crippen LogP contribution is 2.31. The van der Waals surface area contributed by atoms with Gasteiger partial charge in [-0.2, -0.15) is 0 Å². The average molecular weight is 221 g/mol. The van der Waals surface area contributed by atoms with Gasteiger partial charge in [0.15, 0.2) is 0 Å². The number of benzene rings is 1. The Morgan fingerprint density at radius 2 is 1.94 bits per heavy atom. The predicted octanol–water partition coefficient (Wildman–Crippen LogP) is 1.05. The van der Waals surface area contributed by atoms with E-state index in [4.69, 9.17) is 0 Å². The van der Waals surface area contributed by atoms with E-state index < -0.39 is 6.10 Å². The second kappa shape index (κ2) is 4.14. The summed E-state index contributed by atoms with van der Waals surface area (Å²) in [5.41, 5.74) is 0.848. The predicted molar refractivity (Wildman–Crippen MR) is 58.9 cm³/mol. The van der Waals surface area contributed by atoms with E-state index in [0.29, 0.717) is 12.8 Å². The van der Waals surface area contributed by atoms with Crippen LogP contribution in [-0.2, 0) is 4.79 Å². The molecular weight excluding hydrogens is 206 g/mol. The molecule has 1 aliphatic rings. The second-order valence-corrected chi connectivity index (χ2v) is 4.15. The SMILES string of the molecule is CN1C(=O)CCC(O)C1c1ccc(O)cc1. The van der Waals surface area contributed by atoms with Crippen molar-refractivity contribution < 1.29 is 15.0 Å². The van der Waals surface area contributed by atoms with Crippen molar-refractivity contribution in [1.82, 2.24) is 4.90 Å². The van der Waals surface area contributed by atoms with Crippen LogP contribution < -0.4 is 0 Å². The van der Waals surface area contributed by atoms with Gasteiger partial charge < -0.3 is 15.1 Å². The van der Waals surface area contributed by atoms with Crippen LogP contribution in [0, 0.1) is 0 Å². The first-order valence-corrected chi connectivity index (χ1v) is 5.32. The molecule has 0 spiro atoms. The molecule has 1 amide bonds. The molecule has 2 rings (SSSR count). The van der Waals surface area contributed by atoms with Crippen LogP contribution in [-0.4, -0.2) is 34.2 Å². The molecule has 0 aliphatic carbocycles. The van der Waals surface area contributed by atoms with Gasteiger partial charge in [-0.25, -0.2) is 0 Å². The van der Waals surface area contributed by atoms with E-state index in [1.807, 2.05) is 0 Å². The maximum atomic E-state index is 11.6. The summed E-state index contributed by atoms with van der Waals surface area (Å²) >= 11 is 0. The molecule has 1 aromatic carbocycles. The Labute approximate surface area is 94.1 Å². The van der Waals surface area contributed by atoms with Gasteiger partial charge in [0.1, 0.15) is 5.75 Å². The molecule has 2 unspecified atom stereocenters. The Hall–Kier alpha value is -1.55. The van der Waals surface area contributed by atoms with Crippen LogP contribution in [0.15, 0.2) is 24.3 Å². The lowest BCUT2D eigenvalue weighted by atomic mass is 9.92. The number of carbonyl (C=O) groups is 1. The number of aromatic hydroxyl groups is 1. The van der Waals surface area contributed by atoms with Crippen LogP contribution in [0.3, 0.4) is 0 Å². The summed E-state index contributed by atoms with van der Waals surface area (Å²) in [7, 11) is 1.70. The van der Waals surface area contributed by atoms with Crippen LogP contribution in [0.25, 0.3) is 0 Å². The van der Waals surface area contributed by atoms with Crippen molar-refractivity contribution in [3.05, 3.63) is 29.8 Å². The number of aliphatic hydroxyl groups excluding tert-OH is 1. The largest absolute Gasteiger partial charge is 0.508 e. The molecule has 2 N–H and O–H groups in total. The highest BCUT2D eigenvalue weighted by Gasteiger charge is 2.33. The van der Waals surface area contributed by atoms with E-state index >= 15 is 0 Å². The van der Waals surface area contributed by atoms with Crippen molar-refractivity contribution in [2.75, 3.05) is 7.05 Å². The van der Waals surface area contributed by atoms with Gasteiger partial charge in [-0.1, -0.05) is 12.1 Å². The molecule has 1 saturated heterocycles. The molecule has 0 aromatic heterocycles. The van der Waals surface area contributed by atoms with Crippen LogP contribution >= 0.6 is 0 Å². The van der Waals surface area contributed by atoms with Gasteiger partial charge in [0.25, 0.3) is 0 Å². The number of nitrogens with zero attached hydrogens (tertiary/aromatic N) is 1. The summed E-state index contributed by atoms with van der Waals surface area (Å²) in [6, 6.07) is 6.29. The summed E-state index contributed by atoms with van der Waals surface area (Å²) < 4.78 is 0. The minimum absolute atomic E-state index is 0.0448. The standard InChI is InChI=1S/C12H15NO3/c1-13-11(16)7-6-10(15)12(13)8-2-4-9(14)5-3-8/h2-5,10,12,14-15H,6-7H2,1H3. The maximum Gasteiger partial charge on any atom is 0.223 e. The molecule has 0 saturated carbocycles. The van der Waals surface area contributed by atoms with E-state index in [2.05, 4.69) is 0 Å². The molecule has 2 atom stereocenters. The molecule has 1 fully saturated rings. The number of aliphatic hydroxyl groups is 1. The molecule has 4 nitrogen and oxygen atoms in total. The molecule has 1 aromatic rings. The van der Waals surface area contributed by atoms with Gasteiger partial charge in [0, 0.05) is 13.5 Å². The summed E-state index contributed by atoms with van der Waals surface area (Å²) in [5, 5.41) is 19.1. The number of piperidine rings is 1. The van der Waals surface area contributed by atoms with Crippen LogP contribution in [0.2, 0.25) is 0 Å². The molecule has 1 aliphatic heterocycles. The normalized spacial score (nSPS) is 25.9. The van der Waals surface area contributed by atoms with Crippen molar-refractivity contribution in [2.45, 2.75) is 25.0 Å². The Bertz CT molecular complexity index is 388. The van der Waals surface area contributed by atoms with E-state index in [1.165, 1.54) is 0 Å². The van der Waals surface area contributed by atoms with Gasteiger partial charge >= 0.3 is 0 Å². The van der Waals surface area contributed by atoms with E-state index in [0.717, 1.165) is 5.56 Å². The van der Waals surface area contributed by atoms with Gasteiger partial charge in [-0.15, -0.1) is 0 Å². The number of carbonyl (C=O) groups excluding carboxylic acids is 1.